The first-order valence-corrected chi connectivity index (χ1v) is 12.2. The Balaban J connectivity index is 1.65. The number of amides is 1. The van der Waals surface area contributed by atoms with Gasteiger partial charge < -0.3 is 19.1 Å². The van der Waals surface area contributed by atoms with E-state index in [2.05, 4.69) is 4.57 Å². The zero-order chi connectivity index (χ0) is 24.5. The fourth-order valence-corrected chi connectivity index (χ4v) is 5.52. The Bertz CT molecular complexity index is 1230. The maximum atomic E-state index is 12.6. The van der Waals surface area contributed by atoms with Crippen molar-refractivity contribution in [3.8, 4) is 0 Å². The molecule has 0 unspecified atom stereocenters. The Hall–Kier alpha value is -3.39. The summed E-state index contributed by atoms with van der Waals surface area (Å²) in [5.41, 5.74) is 4.38. The summed E-state index contributed by atoms with van der Waals surface area (Å²) in [6.07, 6.45) is 3.38. The summed E-state index contributed by atoms with van der Waals surface area (Å²) in [6.45, 7) is 3.33. The molecule has 0 radical (unpaired) electrons. The van der Waals surface area contributed by atoms with Crippen LogP contribution in [-0.4, -0.2) is 53.1 Å². The Labute approximate surface area is 204 Å². The number of methoxy groups -OCH3 is 1. The van der Waals surface area contributed by atoms with Gasteiger partial charge in [-0.2, -0.15) is 0 Å². The Morgan fingerprint density at radius 2 is 2.00 bits per heavy atom. The van der Waals surface area contributed by atoms with Crippen LogP contribution in [0.15, 0.2) is 42.5 Å². The molecule has 3 atom stereocenters. The Morgan fingerprint density at radius 1 is 1.20 bits per heavy atom. The molecule has 3 heterocycles. The molecule has 2 aliphatic heterocycles. The van der Waals surface area contributed by atoms with Gasteiger partial charge in [-0.25, -0.2) is 9.78 Å². The van der Waals surface area contributed by atoms with E-state index in [-0.39, 0.29) is 24.6 Å². The molecule has 8 nitrogen and oxygen atoms in total. The number of ether oxygens (including phenoxy) is 2. The van der Waals surface area contributed by atoms with Gasteiger partial charge in [-0.1, -0.05) is 30.3 Å². The van der Waals surface area contributed by atoms with Crippen molar-refractivity contribution >= 4 is 28.8 Å². The minimum atomic E-state index is -0.873. The van der Waals surface area contributed by atoms with E-state index in [0.717, 1.165) is 66.0 Å². The fourth-order valence-electron chi connectivity index (χ4n) is 5.52. The van der Waals surface area contributed by atoms with E-state index >= 15 is 0 Å². The highest BCUT2D eigenvalue weighted by Gasteiger charge is 2.33. The van der Waals surface area contributed by atoms with Crippen LogP contribution in [0.3, 0.4) is 0 Å². The predicted molar refractivity (Wildman–Crippen MR) is 132 cm³/mol. The number of aryl methyl sites for hydroxylation is 1. The second-order valence-corrected chi connectivity index (χ2v) is 9.43. The first-order chi connectivity index (χ1) is 17.0. The number of carboxylic acids is 1. The lowest BCUT2D eigenvalue weighted by Crippen LogP contribution is -2.42. The molecule has 1 amide bonds. The number of hydrogen-bond donors (Lipinski definition) is 1. The molecule has 1 fully saturated rings. The molecule has 35 heavy (non-hydrogen) atoms. The maximum Gasteiger partial charge on any atom is 0.414 e. The van der Waals surface area contributed by atoms with Crippen LogP contribution in [0.5, 0.6) is 0 Å². The lowest BCUT2D eigenvalue weighted by atomic mass is 9.95. The third-order valence-corrected chi connectivity index (χ3v) is 7.29. The quantitative estimate of drug-likeness (QED) is 0.572. The standard InChI is InChI=1S/C27H31N3O5/c1-17-10-11-20-22(29(17)27(33)34-2)12-13-23-25(20)28-24(30(23)19-9-6-14-35-16-19)15-21(26(31)32)18-7-4-3-5-8-18/h3-5,7-8,12-13,17,19,21H,6,9-11,14-16H2,1-2H3,(H,31,32)/t17-,19+,21+/m0/s1. The highest BCUT2D eigenvalue weighted by molar-refractivity contribution is 5.95. The minimum absolute atomic E-state index is 0.0233. The molecule has 1 aromatic heterocycles. The molecule has 2 aliphatic rings. The summed E-state index contributed by atoms with van der Waals surface area (Å²) >= 11 is 0. The molecular weight excluding hydrogens is 446 g/mol. The first-order valence-electron chi connectivity index (χ1n) is 12.2. The van der Waals surface area contributed by atoms with Gasteiger partial charge in [-0.05, 0) is 50.3 Å². The smallest absolute Gasteiger partial charge is 0.414 e. The molecule has 5 rings (SSSR count). The molecule has 0 aliphatic carbocycles. The van der Waals surface area contributed by atoms with Crippen molar-refractivity contribution in [2.45, 2.75) is 57.0 Å². The highest BCUT2D eigenvalue weighted by Crippen LogP contribution is 2.39. The largest absolute Gasteiger partial charge is 0.481 e. The fraction of sp³-hybridized carbons (Fsp3) is 0.444. The number of aromatic nitrogens is 2. The number of fused-ring (bicyclic) bond motifs is 3. The Kier molecular flexibility index (Phi) is 6.47. The van der Waals surface area contributed by atoms with Gasteiger partial charge in [0, 0.05) is 24.6 Å². The number of aliphatic carboxylic acids is 1. The zero-order valence-electron chi connectivity index (χ0n) is 20.1. The summed E-state index contributed by atoms with van der Waals surface area (Å²) in [5.74, 6) is -0.843. The van der Waals surface area contributed by atoms with Gasteiger partial charge in [0.15, 0.2) is 0 Å². The molecular formula is C27H31N3O5. The van der Waals surface area contributed by atoms with Crippen molar-refractivity contribution in [2.75, 3.05) is 25.2 Å². The number of carboxylic acid groups (broad SMARTS) is 1. The van der Waals surface area contributed by atoms with E-state index in [4.69, 9.17) is 14.5 Å². The van der Waals surface area contributed by atoms with Crippen LogP contribution >= 0.6 is 0 Å². The molecule has 0 spiro atoms. The number of carbonyl (C=O) groups excluding carboxylic acids is 1. The number of anilines is 1. The number of rotatable bonds is 5. The van der Waals surface area contributed by atoms with E-state index in [1.165, 1.54) is 7.11 Å². The first kappa shape index (κ1) is 23.4. The van der Waals surface area contributed by atoms with Crippen molar-refractivity contribution < 1.29 is 24.2 Å². The predicted octanol–water partition coefficient (Wildman–Crippen LogP) is 4.71. The Morgan fingerprint density at radius 3 is 2.69 bits per heavy atom. The molecule has 0 saturated carbocycles. The highest BCUT2D eigenvalue weighted by atomic mass is 16.5. The molecule has 8 heteroatoms. The van der Waals surface area contributed by atoms with E-state index in [1.54, 1.807) is 4.90 Å². The average Bonchev–Trinajstić information content (AvgIpc) is 3.26. The SMILES string of the molecule is COC(=O)N1c2ccc3c(nc(C[C@@H](C(=O)O)c4ccccc4)n3[C@@H]3CCCOC3)c2CC[C@@H]1C. The van der Waals surface area contributed by atoms with Gasteiger partial charge >= 0.3 is 12.1 Å². The van der Waals surface area contributed by atoms with E-state index < -0.39 is 11.9 Å². The third kappa shape index (κ3) is 4.27. The molecule has 2 aromatic carbocycles. The second kappa shape index (κ2) is 9.70. The number of hydrogen-bond acceptors (Lipinski definition) is 5. The molecule has 3 aromatic rings. The summed E-state index contributed by atoms with van der Waals surface area (Å²) in [6, 6.07) is 13.4. The van der Waals surface area contributed by atoms with E-state index in [9.17, 15) is 14.7 Å². The van der Waals surface area contributed by atoms with Crippen LogP contribution in [0.1, 0.15) is 55.1 Å². The van der Waals surface area contributed by atoms with Crippen molar-refractivity contribution in [1.82, 2.24) is 9.55 Å². The van der Waals surface area contributed by atoms with Gasteiger partial charge in [-0.3, -0.25) is 9.69 Å². The molecule has 184 valence electrons. The van der Waals surface area contributed by atoms with Crippen LogP contribution in [0.4, 0.5) is 10.5 Å². The topological polar surface area (TPSA) is 93.9 Å². The number of nitrogens with zero attached hydrogens (tertiary/aromatic N) is 3. The van der Waals surface area contributed by atoms with Crippen LogP contribution in [0.25, 0.3) is 11.0 Å². The van der Waals surface area contributed by atoms with E-state index in [1.807, 2.05) is 49.4 Å². The van der Waals surface area contributed by atoms with Crippen LogP contribution in [-0.2, 0) is 27.1 Å². The summed E-state index contributed by atoms with van der Waals surface area (Å²) in [5, 5.41) is 10.1. The van der Waals surface area contributed by atoms with Gasteiger partial charge in [0.2, 0.25) is 0 Å². The third-order valence-electron chi connectivity index (χ3n) is 7.29. The lowest BCUT2D eigenvalue weighted by molar-refractivity contribution is -0.138. The normalized spacial score (nSPS) is 20.9. The average molecular weight is 478 g/mol. The van der Waals surface area contributed by atoms with Gasteiger partial charge in [-0.15, -0.1) is 0 Å². The van der Waals surface area contributed by atoms with E-state index in [0.29, 0.717) is 6.61 Å². The van der Waals surface area contributed by atoms with Gasteiger partial charge in [0.25, 0.3) is 0 Å². The van der Waals surface area contributed by atoms with Crippen molar-refractivity contribution in [2.24, 2.45) is 0 Å². The summed E-state index contributed by atoms with van der Waals surface area (Å²) in [4.78, 5) is 31.6. The number of benzene rings is 2. The second-order valence-electron chi connectivity index (χ2n) is 9.43. The van der Waals surface area contributed by atoms with Crippen LogP contribution < -0.4 is 4.90 Å². The summed E-state index contributed by atoms with van der Waals surface area (Å²) in [7, 11) is 1.40. The molecule has 1 saturated heterocycles. The summed E-state index contributed by atoms with van der Waals surface area (Å²) < 4.78 is 13.1. The monoisotopic (exact) mass is 477 g/mol. The zero-order valence-corrected chi connectivity index (χ0v) is 20.1. The lowest BCUT2D eigenvalue weighted by Gasteiger charge is -2.34. The number of imidazole rings is 1. The minimum Gasteiger partial charge on any atom is -0.481 e. The number of carbonyl (C=O) groups is 2. The molecule has 1 N–H and O–H groups in total. The van der Waals surface area contributed by atoms with Crippen molar-refractivity contribution in [1.29, 1.82) is 0 Å². The van der Waals surface area contributed by atoms with Crippen molar-refractivity contribution in [3.05, 3.63) is 59.4 Å². The van der Waals surface area contributed by atoms with Gasteiger partial charge in [0.1, 0.15) is 5.82 Å². The van der Waals surface area contributed by atoms with Crippen molar-refractivity contribution in [3.63, 3.8) is 0 Å². The molecule has 0 bridgehead atoms. The maximum absolute atomic E-state index is 12.6. The van der Waals surface area contributed by atoms with Crippen LogP contribution in [0.2, 0.25) is 0 Å². The van der Waals surface area contributed by atoms with Crippen LogP contribution in [0, 0.1) is 0 Å². The van der Waals surface area contributed by atoms with Gasteiger partial charge in [0.05, 0.1) is 42.4 Å².